The maximum atomic E-state index is 13.3. The third-order valence-electron chi connectivity index (χ3n) is 4.53. The number of halogens is 1. The minimum atomic E-state index is -0.314. The van der Waals surface area contributed by atoms with Gasteiger partial charge in [-0.3, -0.25) is 14.2 Å². The normalized spacial score (nSPS) is 10.5. The highest BCUT2D eigenvalue weighted by molar-refractivity contribution is 6.30. The zero-order valence-corrected chi connectivity index (χ0v) is 15.9. The van der Waals surface area contributed by atoms with Gasteiger partial charge in [-0.15, -0.1) is 0 Å². The predicted octanol–water partition coefficient (Wildman–Crippen LogP) is 5.06. The number of aromatic amines is 1. The summed E-state index contributed by atoms with van der Waals surface area (Å²) in [6.45, 7) is 7.46. The molecule has 29 heavy (non-hydrogen) atoms. The van der Waals surface area contributed by atoms with Crippen LogP contribution in [0.3, 0.4) is 0 Å². The van der Waals surface area contributed by atoms with Crippen LogP contribution in [0.5, 0.6) is 0 Å². The van der Waals surface area contributed by atoms with Gasteiger partial charge in [0.15, 0.2) is 5.69 Å². The molecule has 6 heteroatoms. The summed E-state index contributed by atoms with van der Waals surface area (Å²) in [7, 11) is 0. The zero-order chi connectivity index (χ0) is 20.4. The molecule has 0 bridgehead atoms. The number of H-pyrrole nitrogens is 1. The van der Waals surface area contributed by atoms with Crippen LogP contribution in [0.25, 0.3) is 32.8 Å². The molecule has 2 heterocycles. The molecule has 0 aliphatic carbocycles. The fraction of sp³-hybridized carbons (Fsp3) is 0. The van der Waals surface area contributed by atoms with Crippen molar-refractivity contribution in [1.82, 2.24) is 9.55 Å². The lowest BCUT2D eigenvalue weighted by atomic mass is 10.00. The van der Waals surface area contributed by atoms with Crippen molar-refractivity contribution in [1.29, 1.82) is 0 Å². The van der Waals surface area contributed by atoms with Crippen LogP contribution in [0.4, 0.5) is 5.69 Å². The van der Waals surface area contributed by atoms with E-state index in [9.17, 15) is 9.59 Å². The van der Waals surface area contributed by atoms with E-state index >= 15 is 0 Å². The van der Waals surface area contributed by atoms with E-state index in [0.29, 0.717) is 38.7 Å². The van der Waals surface area contributed by atoms with Crippen LogP contribution < -0.4 is 11.1 Å². The second kappa shape index (κ2) is 7.63. The highest BCUT2D eigenvalue weighted by Crippen LogP contribution is 2.32. The Morgan fingerprint density at radius 3 is 2.48 bits per heavy atom. The van der Waals surface area contributed by atoms with Crippen molar-refractivity contribution in [3.8, 4) is 27.9 Å². The molecule has 4 rings (SSSR count). The Bertz CT molecular complexity index is 1380. The van der Waals surface area contributed by atoms with Gasteiger partial charge in [-0.25, -0.2) is 4.85 Å². The van der Waals surface area contributed by atoms with Crippen molar-refractivity contribution in [2.24, 2.45) is 0 Å². The number of nitrogens with zero attached hydrogens (tertiary/aromatic N) is 2. The van der Waals surface area contributed by atoms with Gasteiger partial charge in [-0.05, 0) is 41.0 Å². The number of pyridine rings is 2. The Morgan fingerprint density at radius 2 is 1.72 bits per heavy atom. The van der Waals surface area contributed by atoms with Crippen LogP contribution in [0.1, 0.15) is 0 Å². The first-order chi connectivity index (χ1) is 14.1. The summed E-state index contributed by atoms with van der Waals surface area (Å²) in [6, 6.07) is 19.0. The Balaban J connectivity index is 2.06. The van der Waals surface area contributed by atoms with E-state index in [1.165, 1.54) is 16.8 Å². The molecule has 0 unspecified atom stereocenters. The summed E-state index contributed by atoms with van der Waals surface area (Å²) in [5, 5.41) is 0.511. The van der Waals surface area contributed by atoms with Gasteiger partial charge in [-0.1, -0.05) is 48.0 Å². The van der Waals surface area contributed by atoms with Crippen LogP contribution in [0, 0.1) is 6.57 Å². The third-order valence-corrected chi connectivity index (χ3v) is 4.76. The van der Waals surface area contributed by atoms with E-state index in [0.717, 1.165) is 0 Å². The van der Waals surface area contributed by atoms with Crippen molar-refractivity contribution in [3.05, 3.63) is 116 Å². The molecule has 0 radical (unpaired) electrons. The Labute approximate surface area is 171 Å². The third kappa shape index (κ3) is 3.62. The molecule has 5 nitrogen and oxygen atoms in total. The first-order valence-electron chi connectivity index (χ1n) is 8.75. The number of aromatic nitrogens is 2. The number of para-hydroxylation sites is 1. The number of hydrogen-bond donors (Lipinski definition) is 1. The lowest BCUT2D eigenvalue weighted by Gasteiger charge is -2.13. The Kier molecular flexibility index (Phi) is 4.86. The summed E-state index contributed by atoms with van der Waals surface area (Å²) in [5.74, 6) is 0. The average Bonchev–Trinajstić information content (AvgIpc) is 2.74. The van der Waals surface area contributed by atoms with E-state index in [1.807, 2.05) is 12.1 Å². The van der Waals surface area contributed by atoms with E-state index in [2.05, 4.69) is 9.83 Å². The van der Waals surface area contributed by atoms with Crippen molar-refractivity contribution in [3.63, 3.8) is 0 Å². The molecule has 0 atom stereocenters. The molecule has 0 fully saturated rings. The van der Waals surface area contributed by atoms with Gasteiger partial charge in [0.1, 0.15) is 0 Å². The first kappa shape index (κ1) is 18.5. The largest absolute Gasteiger partial charge is 0.329 e. The zero-order valence-electron chi connectivity index (χ0n) is 15.1. The number of hydrogen-bond acceptors (Lipinski definition) is 2. The van der Waals surface area contributed by atoms with Gasteiger partial charge >= 0.3 is 0 Å². The van der Waals surface area contributed by atoms with Crippen LogP contribution in [-0.4, -0.2) is 9.55 Å². The van der Waals surface area contributed by atoms with E-state index in [-0.39, 0.29) is 11.1 Å². The lowest BCUT2D eigenvalue weighted by molar-refractivity contribution is 0.984. The summed E-state index contributed by atoms with van der Waals surface area (Å²) in [6.07, 6.45) is 3.14. The fourth-order valence-electron chi connectivity index (χ4n) is 3.18. The summed E-state index contributed by atoms with van der Waals surface area (Å²) < 4.78 is 1.42. The van der Waals surface area contributed by atoms with Gasteiger partial charge in [0.2, 0.25) is 5.56 Å². The first-order valence-corrected chi connectivity index (χ1v) is 9.13. The average molecular weight is 400 g/mol. The van der Waals surface area contributed by atoms with Crippen LogP contribution >= 0.6 is 11.6 Å². The maximum absolute atomic E-state index is 13.3. The number of rotatable bonds is 3. The molecule has 140 valence electrons. The summed E-state index contributed by atoms with van der Waals surface area (Å²) in [5.41, 5.74) is 2.77. The topological polar surface area (TPSA) is 59.2 Å². The smallest absolute Gasteiger partial charge is 0.262 e. The quantitative estimate of drug-likeness (QED) is 0.489. The maximum Gasteiger partial charge on any atom is 0.262 e. The van der Waals surface area contributed by atoms with E-state index < -0.39 is 0 Å². The molecule has 0 saturated carbocycles. The lowest BCUT2D eigenvalue weighted by Crippen LogP contribution is -2.21. The minimum absolute atomic E-state index is 0.290. The molecule has 0 aliphatic heterocycles. The van der Waals surface area contributed by atoms with Gasteiger partial charge in [0.05, 0.1) is 12.3 Å². The highest BCUT2D eigenvalue weighted by atomic mass is 35.5. The summed E-state index contributed by atoms with van der Waals surface area (Å²) >= 11 is 6.14. The van der Waals surface area contributed by atoms with Crippen LogP contribution in [-0.2, 0) is 0 Å². The number of nitrogens with one attached hydrogen (secondary N) is 1. The van der Waals surface area contributed by atoms with E-state index in [4.69, 9.17) is 18.2 Å². The number of benzene rings is 2. The van der Waals surface area contributed by atoms with Gasteiger partial charge < -0.3 is 4.98 Å². The predicted molar refractivity (Wildman–Crippen MR) is 115 cm³/mol. The second-order valence-corrected chi connectivity index (χ2v) is 6.80. The van der Waals surface area contributed by atoms with Crippen molar-refractivity contribution in [2.45, 2.75) is 0 Å². The minimum Gasteiger partial charge on any atom is -0.329 e. The summed E-state index contributed by atoms with van der Waals surface area (Å²) in [4.78, 5) is 31.2. The molecule has 1 N–H and O–H groups in total. The van der Waals surface area contributed by atoms with Gasteiger partial charge in [0.25, 0.3) is 5.56 Å². The molecule has 0 saturated heterocycles. The molecule has 0 spiro atoms. The molecular formula is C23H14ClN3O2. The monoisotopic (exact) mass is 399 g/mol. The van der Waals surface area contributed by atoms with Gasteiger partial charge in [0, 0.05) is 29.0 Å². The fourth-order valence-corrected chi connectivity index (χ4v) is 3.37. The standard InChI is InChI=1S/C23H14ClN3O2/c1-25-21-8-3-2-7-19(21)16-12-20(15-5-4-6-17(24)11-15)23(29)27(14-16)18-9-10-26-22(28)13-18/h2-14H,(H,26,28). The Hall–Kier alpha value is -3.88. The van der Waals surface area contributed by atoms with Crippen molar-refractivity contribution < 1.29 is 0 Å². The highest BCUT2D eigenvalue weighted by Gasteiger charge is 2.14. The molecule has 2 aromatic heterocycles. The molecule has 0 amide bonds. The Morgan fingerprint density at radius 1 is 0.897 bits per heavy atom. The van der Waals surface area contributed by atoms with Crippen molar-refractivity contribution >= 4 is 17.3 Å². The van der Waals surface area contributed by atoms with Crippen LogP contribution in [0.15, 0.2) is 88.7 Å². The molecule has 4 aromatic rings. The van der Waals surface area contributed by atoms with Crippen LogP contribution in [0.2, 0.25) is 5.02 Å². The van der Waals surface area contributed by atoms with E-state index in [1.54, 1.807) is 54.7 Å². The van der Waals surface area contributed by atoms with Crippen molar-refractivity contribution in [2.75, 3.05) is 0 Å². The SMILES string of the molecule is [C-]#[N+]c1ccccc1-c1cc(-c2cccc(Cl)c2)c(=O)n(-c2cc[nH]c(=O)c2)c1. The van der Waals surface area contributed by atoms with Gasteiger partial charge in [-0.2, -0.15) is 0 Å². The molecule has 2 aromatic carbocycles. The second-order valence-electron chi connectivity index (χ2n) is 6.37. The molecular weight excluding hydrogens is 386 g/mol. The molecule has 0 aliphatic rings.